The molecule has 1 N–H and O–H groups in total. The third-order valence-corrected chi connectivity index (χ3v) is 5.74. The highest BCUT2D eigenvalue weighted by molar-refractivity contribution is 7.89. The predicted octanol–water partition coefficient (Wildman–Crippen LogP) is 3.37. The largest absolute Gasteiger partial charge is 0.372 e. The third kappa shape index (κ3) is 4.31. The van der Waals surface area contributed by atoms with Crippen LogP contribution in [0, 0.1) is 0 Å². The Bertz CT molecular complexity index is 563. The second-order valence-electron chi connectivity index (χ2n) is 4.98. The summed E-state index contributed by atoms with van der Waals surface area (Å²) >= 11 is 6.05. The fraction of sp³-hybridized carbons (Fsp3) is 0.643. The number of unbranched alkanes of at least 4 members (excludes halogenated alkanes) is 1. The molecule has 0 spiro atoms. The summed E-state index contributed by atoms with van der Waals surface area (Å²) in [5.41, 5.74) is 0. The van der Waals surface area contributed by atoms with E-state index in [0.29, 0.717) is 17.4 Å². The summed E-state index contributed by atoms with van der Waals surface area (Å²) in [7, 11) is -1.88. The number of nitrogens with one attached hydrogen (secondary N) is 1. The molecule has 1 atom stereocenters. The van der Waals surface area contributed by atoms with Gasteiger partial charge in [0, 0.05) is 25.8 Å². The van der Waals surface area contributed by atoms with Gasteiger partial charge < -0.3 is 5.32 Å². The second-order valence-corrected chi connectivity index (χ2v) is 7.28. The summed E-state index contributed by atoms with van der Waals surface area (Å²) in [6.45, 7) is 6.46. The van der Waals surface area contributed by atoms with Gasteiger partial charge in [-0.1, -0.05) is 31.9 Å². The molecular weight excluding hydrogens is 310 g/mol. The average Bonchev–Trinajstić information content (AvgIpc) is 2.46. The van der Waals surface area contributed by atoms with E-state index < -0.39 is 10.0 Å². The zero-order valence-corrected chi connectivity index (χ0v) is 14.6. The van der Waals surface area contributed by atoms with Crippen LogP contribution in [0.4, 0.5) is 5.82 Å². The molecule has 0 saturated carbocycles. The minimum Gasteiger partial charge on any atom is -0.372 e. The van der Waals surface area contributed by atoms with E-state index in [0.717, 1.165) is 19.3 Å². The number of nitrogens with zero attached hydrogens (tertiary/aromatic N) is 2. The topological polar surface area (TPSA) is 62.3 Å². The standard InChI is InChI=1S/C14H24ClN3O2S/c1-5-7-8-18(11(3)6-2)21(19,20)12-9-13(15)14(16-4)17-10-12/h9-11H,5-8H2,1-4H3,(H,16,17). The van der Waals surface area contributed by atoms with Crippen LogP contribution < -0.4 is 5.32 Å². The Balaban J connectivity index is 3.18. The lowest BCUT2D eigenvalue weighted by Gasteiger charge is -2.27. The number of rotatable bonds is 8. The number of anilines is 1. The molecule has 0 radical (unpaired) electrons. The van der Waals surface area contributed by atoms with E-state index >= 15 is 0 Å². The zero-order valence-electron chi connectivity index (χ0n) is 13.1. The maximum absolute atomic E-state index is 12.8. The first-order chi connectivity index (χ1) is 9.88. The van der Waals surface area contributed by atoms with Crippen LogP contribution in [0.25, 0.3) is 0 Å². The highest BCUT2D eigenvalue weighted by Gasteiger charge is 2.28. The Labute approximate surface area is 132 Å². The molecule has 0 bridgehead atoms. The predicted molar refractivity (Wildman–Crippen MR) is 87.3 cm³/mol. The SMILES string of the molecule is CCCCN(C(C)CC)S(=O)(=O)c1cnc(NC)c(Cl)c1. The van der Waals surface area contributed by atoms with E-state index in [2.05, 4.69) is 10.3 Å². The van der Waals surface area contributed by atoms with Gasteiger partial charge in [0.25, 0.3) is 0 Å². The minimum absolute atomic E-state index is 0.0516. The van der Waals surface area contributed by atoms with Crippen molar-refractivity contribution in [2.45, 2.75) is 51.0 Å². The monoisotopic (exact) mass is 333 g/mol. The molecule has 1 aromatic heterocycles. The van der Waals surface area contributed by atoms with E-state index in [9.17, 15) is 8.42 Å². The van der Waals surface area contributed by atoms with Crippen LogP contribution in [-0.4, -0.2) is 37.3 Å². The van der Waals surface area contributed by atoms with E-state index in [-0.39, 0.29) is 10.9 Å². The number of pyridine rings is 1. The molecule has 0 saturated heterocycles. The normalized spacial score (nSPS) is 13.4. The Morgan fingerprint density at radius 1 is 1.43 bits per heavy atom. The number of aromatic nitrogens is 1. The van der Waals surface area contributed by atoms with Gasteiger partial charge in [0.1, 0.15) is 10.7 Å². The van der Waals surface area contributed by atoms with Crippen LogP contribution in [0.15, 0.2) is 17.2 Å². The van der Waals surface area contributed by atoms with Gasteiger partial charge in [0.15, 0.2) is 0 Å². The lowest BCUT2D eigenvalue weighted by molar-refractivity contribution is 0.324. The summed E-state index contributed by atoms with van der Waals surface area (Å²) in [6.07, 6.45) is 3.90. The van der Waals surface area contributed by atoms with Gasteiger partial charge in [-0.05, 0) is 25.8 Å². The molecule has 0 aromatic carbocycles. The van der Waals surface area contributed by atoms with Crippen LogP contribution in [0.2, 0.25) is 5.02 Å². The van der Waals surface area contributed by atoms with Crippen molar-refractivity contribution >= 4 is 27.4 Å². The van der Waals surface area contributed by atoms with E-state index in [4.69, 9.17) is 11.6 Å². The summed E-state index contributed by atoms with van der Waals surface area (Å²) in [4.78, 5) is 4.20. The van der Waals surface area contributed by atoms with Crippen molar-refractivity contribution in [3.8, 4) is 0 Å². The maximum atomic E-state index is 12.8. The molecule has 1 unspecified atom stereocenters. The molecule has 1 heterocycles. The number of sulfonamides is 1. The third-order valence-electron chi connectivity index (χ3n) is 3.47. The summed E-state index contributed by atoms with van der Waals surface area (Å²) in [5.74, 6) is 0.472. The highest BCUT2D eigenvalue weighted by Crippen LogP contribution is 2.25. The Hall–Kier alpha value is -0.850. The Morgan fingerprint density at radius 3 is 2.57 bits per heavy atom. The first-order valence-electron chi connectivity index (χ1n) is 7.23. The highest BCUT2D eigenvalue weighted by atomic mass is 35.5. The number of hydrogen-bond acceptors (Lipinski definition) is 4. The summed E-state index contributed by atoms with van der Waals surface area (Å²) < 4.78 is 27.1. The van der Waals surface area contributed by atoms with E-state index in [1.54, 1.807) is 11.4 Å². The summed E-state index contributed by atoms with van der Waals surface area (Å²) in [6, 6.07) is 1.40. The van der Waals surface area contributed by atoms with Crippen LogP contribution >= 0.6 is 11.6 Å². The number of hydrogen-bond donors (Lipinski definition) is 1. The Kier molecular flexibility index (Phi) is 6.90. The molecule has 120 valence electrons. The number of halogens is 1. The van der Waals surface area contributed by atoms with Crippen molar-refractivity contribution in [2.75, 3.05) is 18.9 Å². The van der Waals surface area contributed by atoms with Crippen molar-refractivity contribution < 1.29 is 8.42 Å². The fourth-order valence-corrected chi connectivity index (χ4v) is 4.02. The molecule has 1 aromatic rings. The van der Waals surface area contributed by atoms with Gasteiger partial charge in [-0.25, -0.2) is 13.4 Å². The maximum Gasteiger partial charge on any atom is 0.244 e. The molecule has 0 amide bonds. The van der Waals surface area contributed by atoms with Crippen LogP contribution in [0.3, 0.4) is 0 Å². The molecule has 7 heteroatoms. The molecule has 0 aliphatic carbocycles. The molecule has 0 fully saturated rings. The van der Waals surface area contributed by atoms with Gasteiger partial charge in [-0.2, -0.15) is 4.31 Å². The molecule has 5 nitrogen and oxygen atoms in total. The fourth-order valence-electron chi connectivity index (χ4n) is 1.98. The first-order valence-corrected chi connectivity index (χ1v) is 9.05. The lowest BCUT2D eigenvalue weighted by atomic mass is 10.2. The van der Waals surface area contributed by atoms with Crippen molar-refractivity contribution in [3.63, 3.8) is 0 Å². The van der Waals surface area contributed by atoms with Crippen LogP contribution in [0.1, 0.15) is 40.0 Å². The second kappa shape index (κ2) is 7.96. The van der Waals surface area contributed by atoms with Crippen LogP contribution in [0.5, 0.6) is 0 Å². The molecule has 1 rings (SSSR count). The van der Waals surface area contributed by atoms with E-state index in [1.807, 2.05) is 20.8 Å². The summed E-state index contributed by atoms with van der Waals surface area (Å²) in [5, 5.41) is 3.12. The Morgan fingerprint density at radius 2 is 2.10 bits per heavy atom. The van der Waals surface area contributed by atoms with Gasteiger partial charge >= 0.3 is 0 Å². The zero-order chi connectivity index (χ0) is 16.0. The van der Waals surface area contributed by atoms with Crippen LogP contribution in [-0.2, 0) is 10.0 Å². The minimum atomic E-state index is -3.57. The smallest absolute Gasteiger partial charge is 0.244 e. The molecule has 0 aliphatic heterocycles. The van der Waals surface area contributed by atoms with Crippen molar-refractivity contribution in [1.82, 2.24) is 9.29 Å². The van der Waals surface area contributed by atoms with Gasteiger partial charge in [-0.3, -0.25) is 0 Å². The van der Waals surface area contributed by atoms with Crippen molar-refractivity contribution in [3.05, 3.63) is 17.3 Å². The lowest BCUT2D eigenvalue weighted by Crippen LogP contribution is -2.39. The molecule has 0 aliphatic rings. The molecular formula is C14H24ClN3O2S. The first kappa shape index (κ1) is 18.2. The quantitative estimate of drug-likeness (QED) is 0.792. The molecule has 21 heavy (non-hydrogen) atoms. The van der Waals surface area contributed by atoms with Crippen molar-refractivity contribution in [2.24, 2.45) is 0 Å². The van der Waals surface area contributed by atoms with Gasteiger partial charge in [0.2, 0.25) is 10.0 Å². The van der Waals surface area contributed by atoms with Gasteiger partial charge in [-0.15, -0.1) is 0 Å². The van der Waals surface area contributed by atoms with Gasteiger partial charge in [0.05, 0.1) is 5.02 Å². The van der Waals surface area contributed by atoms with Crippen molar-refractivity contribution in [1.29, 1.82) is 0 Å². The average molecular weight is 334 g/mol. The van der Waals surface area contributed by atoms with E-state index in [1.165, 1.54) is 12.3 Å².